The number of aryl methyl sites for hydroxylation is 1. The Bertz CT molecular complexity index is 1330. The van der Waals surface area contributed by atoms with Crippen molar-refractivity contribution >= 4 is 17.3 Å². The third kappa shape index (κ3) is 3.17. The van der Waals surface area contributed by atoms with Gasteiger partial charge in [0, 0.05) is 55.7 Å². The Kier molecular flexibility index (Phi) is 5.01. The average molecular weight is 458 g/mol. The molecule has 3 aromatic rings. The van der Waals surface area contributed by atoms with Crippen LogP contribution in [0.25, 0.3) is 11.1 Å². The highest BCUT2D eigenvalue weighted by molar-refractivity contribution is 5.87. The van der Waals surface area contributed by atoms with E-state index >= 15 is 0 Å². The second kappa shape index (κ2) is 8.08. The average Bonchev–Trinajstić information content (AvgIpc) is 3.62. The summed E-state index contributed by atoms with van der Waals surface area (Å²) < 4.78 is 9.40. The number of nitrogens with zero attached hydrogens (tertiary/aromatic N) is 6. The summed E-state index contributed by atoms with van der Waals surface area (Å²) in [6, 6.07) is 8.43. The number of carbonyl (C=O) groups is 1. The number of nitriles is 1. The molecule has 0 spiro atoms. The molecule has 2 unspecified atom stereocenters. The molecule has 3 aliphatic heterocycles. The third-order valence-electron chi connectivity index (χ3n) is 7.27. The van der Waals surface area contributed by atoms with Gasteiger partial charge in [-0.15, -0.1) is 0 Å². The van der Waals surface area contributed by atoms with Crippen LogP contribution < -0.4 is 10.2 Å². The number of rotatable bonds is 4. The van der Waals surface area contributed by atoms with Crippen molar-refractivity contribution in [1.29, 1.82) is 5.26 Å². The van der Waals surface area contributed by atoms with Gasteiger partial charge in [0.15, 0.2) is 11.6 Å². The molecule has 2 aromatic heterocycles. The molecule has 0 radical (unpaired) electrons. The van der Waals surface area contributed by atoms with Gasteiger partial charge in [0.2, 0.25) is 0 Å². The van der Waals surface area contributed by atoms with E-state index in [1.165, 1.54) is 5.56 Å². The molecule has 0 amide bonds. The van der Waals surface area contributed by atoms with Crippen molar-refractivity contribution < 1.29 is 9.53 Å². The Balaban J connectivity index is 1.43. The van der Waals surface area contributed by atoms with Gasteiger partial charge in [-0.25, -0.2) is 0 Å². The largest absolute Gasteiger partial charge is 0.379 e. The van der Waals surface area contributed by atoms with Crippen LogP contribution in [-0.2, 0) is 29.4 Å². The summed E-state index contributed by atoms with van der Waals surface area (Å²) in [5, 5.41) is 22.3. The number of hydrogen-bond donors (Lipinski definition) is 1. The zero-order chi connectivity index (χ0) is 23.4. The minimum absolute atomic E-state index is 0.111. The van der Waals surface area contributed by atoms with E-state index in [9.17, 15) is 10.1 Å². The minimum Gasteiger partial charge on any atom is -0.379 e. The number of ether oxygens (including phenoxy) is 1. The lowest BCUT2D eigenvalue weighted by Crippen LogP contribution is -2.35. The summed E-state index contributed by atoms with van der Waals surface area (Å²) >= 11 is 0. The van der Waals surface area contributed by atoms with Crippen molar-refractivity contribution in [2.45, 2.75) is 38.3 Å². The van der Waals surface area contributed by atoms with Crippen molar-refractivity contribution in [3.63, 3.8) is 0 Å². The monoisotopic (exact) mass is 457 g/mol. The highest BCUT2D eigenvalue weighted by Gasteiger charge is 2.37. The first-order valence-electron chi connectivity index (χ1n) is 11.8. The molecule has 0 bridgehead atoms. The molecular formula is C25H27N7O2. The maximum Gasteiger partial charge on any atom is 0.160 e. The fraction of sp³-hybridized carbons (Fsp3) is 0.440. The lowest BCUT2D eigenvalue weighted by atomic mass is 9.96. The Morgan fingerprint density at radius 3 is 2.97 bits per heavy atom. The zero-order valence-electron chi connectivity index (χ0n) is 19.4. The summed E-state index contributed by atoms with van der Waals surface area (Å²) in [5.41, 5.74) is 6.87. The van der Waals surface area contributed by atoms with Crippen LogP contribution in [0.4, 0.5) is 11.5 Å². The summed E-state index contributed by atoms with van der Waals surface area (Å²) in [6.07, 6.45) is 4.41. The van der Waals surface area contributed by atoms with E-state index in [1.807, 2.05) is 6.07 Å². The lowest BCUT2D eigenvalue weighted by molar-refractivity contribution is -0.119. The number of fused-ring (bicyclic) bond motifs is 2. The summed E-state index contributed by atoms with van der Waals surface area (Å²) in [4.78, 5) is 14.8. The predicted molar refractivity (Wildman–Crippen MR) is 126 cm³/mol. The van der Waals surface area contributed by atoms with Crippen molar-refractivity contribution in [3.8, 4) is 17.2 Å². The van der Waals surface area contributed by atoms with Crippen molar-refractivity contribution in [3.05, 3.63) is 46.9 Å². The van der Waals surface area contributed by atoms with Gasteiger partial charge in [-0.1, -0.05) is 6.07 Å². The standard InChI is InChI=1S/C25H27N7O2/c1-15(33)24-23-21(5-8-27-24)32(18-7-10-34-14-18)29-25(23)31-9-6-17-11-16(3-4-20(17)31)19-13-28-30(2)22(19)12-26/h3-4,11,13,18,24,27H,5-10,14H2,1-2H3. The van der Waals surface area contributed by atoms with Gasteiger partial charge in [0.25, 0.3) is 0 Å². The quantitative estimate of drug-likeness (QED) is 0.643. The van der Waals surface area contributed by atoms with Gasteiger partial charge in [0.05, 0.1) is 24.9 Å². The highest BCUT2D eigenvalue weighted by atomic mass is 16.5. The summed E-state index contributed by atoms with van der Waals surface area (Å²) in [5.74, 6) is 0.986. The molecule has 1 fully saturated rings. The maximum absolute atomic E-state index is 12.6. The first-order valence-corrected chi connectivity index (χ1v) is 11.8. The van der Waals surface area contributed by atoms with E-state index in [2.05, 4.69) is 38.2 Å². The fourth-order valence-electron chi connectivity index (χ4n) is 5.58. The molecule has 2 atom stereocenters. The van der Waals surface area contributed by atoms with E-state index in [0.29, 0.717) is 12.3 Å². The first-order chi connectivity index (χ1) is 16.6. The fourth-order valence-corrected chi connectivity index (χ4v) is 5.58. The second-order valence-corrected chi connectivity index (χ2v) is 9.28. The number of benzene rings is 1. The molecule has 6 rings (SSSR count). The van der Waals surface area contributed by atoms with E-state index in [1.54, 1.807) is 24.9 Å². The number of Topliss-reactive ketones (excluding diaryl/α,β-unsaturated/α-hetero) is 1. The Morgan fingerprint density at radius 2 is 2.21 bits per heavy atom. The Morgan fingerprint density at radius 1 is 1.32 bits per heavy atom. The van der Waals surface area contributed by atoms with Crippen molar-refractivity contribution in [1.82, 2.24) is 24.9 Å². The van der Waals surface area contributed by atoms with Gasteiger partial charge in [-0.05, 0) is 43.0 Å². The van der Waals surface area contributed by atoms with E-state index in [0.717, 1.165) is 72.8 Å². The molecule has 0 saturated carbocycles. The molecule has 1 aromatic carbocycles. The number of aromatic nitrogens is 4. The summed E-state index contributed by atoms with van der Waals surface area (Å²) in [6.45, 7) is 4.63. The number of nitrogens with one attached hydrogen (secondary N) is 1. The molecular weight excluding hydrogens is 430 g/mol. The van der Waals surface area contributed by atoms with Crippen molar-refractivity contribution in [2.24, 2.45) is 7.05 Å². The van der Waals surface area contributed by atoms with Gasteiger partial charge < -0.3 is 15.0 Å². The topological polar surface area (TPSA) is 101 Å². The van der Waals surface area contributed by atoms with Crippen LogP contribution in [0.15, 0.2) is 24.4 Å². The molecule has 1 N–H and O–H groups in total. The first kappa shape index (κ1) is 21.1. The molecule has 9 heteroatoms. The molecule has 1 saturated heterocycles. The van der Waals surface area contributed by atoms with Gasteiger partial charge in [-0.3, -0.25) is 14.2 Å². The number of hydrogen-bond acceptors (Lipinski definition) is 7. The number of anilines is 2. The third-order valence-corrected chi connectivity index (χ3v) is 7.27. The smallest absolute Gasteiger partial charge is 0.160 e. The summed E-state index contributed by atoms with van der Waals surface area (Å²) in [7, 11) is 1.78. The van der Waals surface area contributed by atoms with E-state index in [4.69, 9.17) is 9.84 Å². The second-order valence-electron chi connectivity index (χ2n) is 9.28. The number of carbonyl (C=O) groups excluding carboxylic acids is 1. The van der Waals surface area contributed by atoms with Crippen LogP contribution in [0.5, 0.6) is 0 Å². The van der Waals surface area contributed by atoms with Crippen LogP contribution in [0, 0.1) is 11.3 Å². The Labute approximate surface area is 197 Å². The van der Waals surface area contributed by atoms with Gasteiger partial charge >= 0.3 is 0 Å². The van der Waals surface area contributed by atoms with Gasteiger partial charge in [-0.2, -0.15) is 15.5 Å². The molecule has 34 heavy (non-hydrogen) atoms. The maximum atomic E-state index is 12.6. The molecule has 0 aliphatic carbocycles. The molecule has 9 nitrogen and oxygen atoms in total. The van der Waals surface area contributed by atoms with Crippen molar-refractivity contribution in [2.75, 3.05) is 31.2 Å². The molecule has 174 valence electrons. The molecule has 5 heterocycles. The number of ketones is 1. The van der Waals surface area contributed by atoms with Crippen LogP contribution >= 0.6 is 0 Å². The van der Waals surface area contributed by atoms with Crippen LogP contribution in [0.1, 0.15) is 47.9 Å². The van der Waals surface area contributed by atoms with E-state index < -0.39 is 0 Å². The minimum atomic E-state index is -0.341. The van der Waals surface area contributed by atoms with Crippen LogP contribution in [-0.4, -0.2) is 51.6 Å². The zero-order valence-corrected chi connectivity index (χ0v) is 19.4. The highest BCUT2D eigenvalue weighted by Crippen LogP contribution is 2.42. The molecule has 3 aliphatic rings. The predicted octanol–water partition coefficient (Wildman–Crippen LogP) is 2.59. The van der Waals surface area contributed by atoms with Crippen LogP contribution in [0.3, 0.4) is 0 Å². The van der Waals surface area contributed by atoms with Gasteiger partial charge in [0.1, 0.15) is 11.8 Å². The normalized spacial score (nSPS) is 21.4. The van der Waals surface area contributed by atoms with E-state index in [-0.39, 0.29) is 17.9 Å². The SMILES string of the molecule is CC(=O)C1NCCc2c1c(N1CCc3cc(-c4cnn(C)c4C#N)ccc31)nn2C1CCOC1. The lowest BCUT2D eigenvalue weighted by Gasteiger charge is -2.26. The van der Waals surface area contributed by atoms with Crippen LogP contribution in [0.2, 0.25) is 0 Å². The Hall–Kier alpha value is -3.48.